The SMILES string of the molecule is CCCCCCNc1cc2c3cccc4c5cc(-c6cc7c8cccc9c%10cc(C)sc%10c%10ccc(c7s6)n%10c98)sc5c5ccc(c2s1)n5c34. The molecule has 0 atom stereocenters. The van der Waals surface area contributed by atoms with Gasteiger partial charge in [-0.1, -0.05) is 62.6 Å². The van der Waals surface area contributed by atoms with Gasteiger partial charge in [-0.15, -0.1) is 45.3 Å². The van der Waals surface area contributed by atoms with Crippen LogP contribution in [-0.2, 0) is 0 Å². The second-order valence-electron chi connectivity index (χ2n) is 13.9. The van der Waals surface area contributed by atoms with Crippen LogP contribution >= 0.6 is 45.3 Å². The maximum Gasteiger partial charge on any atom is 0.0895 e. The van der Waals surface area contributed by atoms with Crippen molar-refractivity contribution in [3.63, 3.8) is 0 Å². The van der Waals surface area contributed by atoms with Gasteiger partial charge in [-0.25, -0.2) is 0 Å². The van der Waals surface area contributed by atoms with Gasteiger partial charge >= 0.3 is 0 Å². The minimum absolute atomic E-state index is 1.04. The highest BCUT2D eigenvalue weighted by Crippen LogP contribution is 2.50. The highest BCUT2D eigenvalue weighted by molar-refractivity contribution is 7.29. The largest absolute Gasteiger partial charge is 0.377 e. The smallest absolute Gasteiger partial charge is 0.0895 e. The third-order valence-corrected chi connectivity index (χ3v) is 15.7. The predicted octanol–water partition coefficient (Wildman–Crippen LogP) is 14.5. The number of pyridine rings is 4. The number of hydrogen-bond donors (Lipinski definition) is 1. The molecule has 7 heteroatoms. The van der Waals surface area contributed by atoms with Crippen molar-refractivity contribution < 1.29 is 0 Å². The van der Waals surface area contributed by atoms with Crippen LogP contribution in [0, 0.1) is 6.92 Å². The summed E-state index contributed by atoms with van der Waals surface area (Å²) in [5, 5.41) is 15.9. The molecule has 0 bridgehead atoms. The van der Waals surface area contributed by atoms with Crippen molar-refractivity contribution >= 4 is 145 Å². The maximum absolute atomic E-state index is 3.76. The van der Waals surface area contributed by atoms with Gasteiger partial charge < -0.3 is 14.1 Å². The Morgan fingerprint density at radius 1 is 0.500 bits per heavy atom. The fourth-order valence-corrected chi connectivity index (χ4v) is 13.4. The Balaban J connectivity index is 1.07. The van der Waals surface area contributed by atoms with E-state index in [2.05, 4.69) is 113 Å². The quantitative estimate of drug-likeness (QED) is 0.163. The summed E-state index contributed by atoms with van der Waals surface area (Å²) in [6.07, 6.45) is 5.11. The Labute approximate surface area is 303 Å². The second-order valence-corrected chi connectivity index (χ2v) is 18.3. The summed E-state index contributed by atoms with van der Waals surface area (Å²) in [5.74, 6) is 0. The van der Waals surface area contributed by atoms with Crippen molar-refractivity contribution in [1.29, 1.82) is 0 Å². The molecule has 0 radical (unpaired) electrons. The lowest BCUT2D eigenvalue weighted by Gasteiger charge is -2.12. The summed E-state index contributed by atoms with van der Waals surface area (Å²) in [7, 11) is 0. The van der Waals surface area contributed by atoms with Crippen LogP contribution in [-0.4, -0.2) is 15.3 Å². The predicted molar refractivity (Wildman–Crippen MR) is 225 cm³/mol. The fourth-order valence-electron chi connectivity index (χ4n) is 8.84. The van der Waals surface area contributed by atoms with Gasteiger partial charge in [0, 0.05) is 64.3 Å². The van der Waals surface area contributed by atoms with E-state index in [1.54, 1.807) is 0 Å². The summed E-state index contributed by atoms with van der Waals surface area (Å²) in [5.41, 5.74) is 7.99. The summed E-state index contributed by atoms with van der Waals surface area (Å²) >= 11 is 7.74. The van der Waals surface area contributed by atoms with Crippen LogP contribution in [0.4, 0.5) is 5.00 Å². The molecular weight excluding hydrogens is 687 g/mol. The number of unbranched alkanes of at least 4 members (excludes halogenated alkanes) is 3. The minimum atomic E-state index is 1.04. The molecule has 1 N–H and O–H groups in total. The molecule has 0 fully saturated rings. The van der Waals surface area contributed by atoms with E-state index in [-0.39, 0.29) is 0 Å². The van der Waals surface area contributed by atoms with Crippen LogP contribution in [0.1, 0.15) is 37.5 Å². The summed E-state index contributed by atoms with van der Waals surface area (Å²) in [6.45, 7) is 5.55. The minimum Gasteiger partial charge on any atom is -0.377 e. The third kappa shape index (κ3) is 3.58. The number of nitrogens with zero attached hydrogens (tertiary/aromatic N) is 2. The Kier molecular flexibility index (Phi) is 5.72. The van der Waals surface area contributed by atoms with Gasteiger partial charge in [0.2, 0.25) is 0 Å². The number of rotatable bonds is 7. The van der Waals surface area contributed by atoms with Crippen molar-refractivity contribution in [2.45, 2.75) is 39.5 Å². The first-order valence-corrected chi connectivity index (χ1v) is 20.9. The number of nitrogens with one attached hydrogen (secondary N) is 1. The summed E-state index contributed by atoms with van der Waals surface area (Å²) in [6, 6.07) is 33.0. The van der Waals surface area contributed by atoms with Crippen LogP contribution in [0.15, 0.2) is 84.9 Å². The third-order valence-electron chi connectivity index (χ3n) is 11.0. The zero-order valence-electron chi connectivity index (χ0n) is 27.6. The average molecular weight is 718 g/mol. The Bertz CT molecular complexity index is 3300. The van der Waals surface area contributed by atoms with Crippen molar-refractivity contribution in [3.8, 4) is 9.75 Å². The molecule has 10 heterocycles. The second kappa shape index (κ2) is 10.1. The van der Waals surface area contributed by atoms with E-state index in [9.17, 15) is 0 Å². The Hall–Kier alpha value is -4.40. The number of hydrogen-bond acceptors (Lipinski definition) is 5. The molecule has 12 rings (SSSR count). The highest BCUT2D eigenvalue weighted by Gasteiger charge is 2.23. The summed E-state index contributed by atoms with van der Waals surface area (Å²) < 4.78 is 10.6. The number of para-hydroxylation sites is 2. The van der Waals surface area contributed by atoms with E-state index < -0.39 is 0 Å². The van der Waals surface area contributed by atoms with Crippen molar-refractivity contribution in [1.82, 2.24) is 8.80 Å². The lowest BCUT2D eigenvalue weighted by molar-refractivity contribution is 0.685. The van der Waals surface area contributed by atoms with Crippen LogP contribution in [0.3, 0.4) is 0 Å². The first-order chi connectivity index (χ1) is 24.7. The van der Waals surface area contributed by atoms with Crippen molar-refractivity contribution in [2.24, 2.45) is 0 Å². The average Bonchev–Trinajstić information content (AvgIpc) is 3.97. The number of fused-ring (bicyclic) bond motifs is 12. The van der Waals surface area contributed by atoms with E-state index in [0.717, 1.165) is 6.54 Å². The molecule has 50 heavy (non-hydrogen) atoms. The van der Waals surface area contributed by atoms with E-state index in [4.69, 9.17) is 0 Å². The normalized spacial score (nSPS) is 13.0. The van der Waals surface area contributed by atoms with E-state index in [1.807, 2.05) is 45.3 Å². The zero-order valence-corrected chi connectivity index (χ0v) is 30.9. The van der Waals surface area contributed by atoms with Gasteiger partial charge in [0.25, 0.3) is 0 Å². The van der Waals surface area contributed by atoms with Crippen LogP contribution < -0.4 is 5.32 Å². The number of aryl methyl sites for hydroxylation is 1. The van der Waals surface area contributed by atoms with Gasteiger partial charge in [0.05, 0.1) is 56.9 Å². The molecule has 0 amide bonds. The van der Waals surface area contributed by atoms with Gasteiger partial charge in [-0.3, -0.25) is 0 Å². The fraction of sp³-hybridized carbons (Fsp3) is 0.163. The summed E-state index contributed by atoms with van der Waals surface area (Å²) in [4.78, 5) is 4.08. The molecule has 0 saturated heterocycles. The van der Waals surface area contributed by atoms with Gasteiger partial charge in [-0.2, -0.15) is 0 Å². The standard InChI is InChI=1S/C43H31N3S4/c1-3-4-5-6-17-44-37-21-30-26-12-8-11-25-29-20-36(49-42(29)33-15-16-34(43(30)50-37)46(33)39(25)26)35-19-28-24-10-7-9-23-27-18-22(2)47-40(27)31-13-14-32(41(28)48-35)45(31)38(23)24/h7-16,18-21,44H,3-6,17H2,1-2H3. The van der Waals surface area contributed by atoms with E-state index in [1.165, 1.54) is 140 Å². The monoisotopic (exact) mass is 717 g/mol. The highest BCUT2D eigenvalue weighted by atomic mass is 32.1. The van der Waals surface area contributed by atoms with Crippen molar-refractivity contribution in [2.75, 3.05) is 11.9 Å². The zero-order chi connectivity index (χ0) is 32.8. The lowest BCUT2D eigenvalue weighted by Crippen LogP contribution is -1.98. The number of thiophene rings is 4. The first kappa shape index (κ1) is 28.3. The van der Waals surface area contributed by atoms with Gasteiger partial charge in [-0.05, 0) is 61.9 Å². The molecule has 242 valence electrons. The molecule has 3 nitrogen and oxygen atoms in total. The number of anilines is 1. The van der Waals surface area contributed by atoms with Gasteiger partial charge in [0.15, 0.2) is 0 Å². The topological polar surface area (TPSA) is 20.8 Å². The maximum atomic E-state index is 3.76. The van der Waals surface area contributed by atoms with Crippen LogP contribution in [0.2, 0.25) is 0 Å². The lowest BCUT2D eigenvalue weighted by atomic mass is 10.0. The molecule has 0 aliphatic rings. The molecular formula is C43H31N3S4. The molecule has 0 unspecified atom stereocenters. The van der Waals surface area contributed by atoms with Crippen LogP contribution in [0.5, 0.6) is 0 Å². The van der Waals surface area contributed by atoms with Crippen LogP contribution in [0.25, 0.3) is 105 Å². The molecule has 0 spiro atoms. The molecule has 0 aliphatic heterocycles. The Morgan fingerprint density at radius 2 is 0.980 bits per heavy atom. The first-order valence-electron chi connectivity index (χ1n) is 17.7. The Morgan fingerprint density at radius 3 is 1.52 bits per heavy atom. The molecule has 2 aromatic carbocycles. The van der Waals surface area contributed by atoms with E-state index >= 15 is 0 Å². The number of benzene rings is 2. The number of aromatic nitrogens is 2. The van der Waals surface area contributed by atoms with Gasteiger partial charge in [0.1, 0.15) is 0 Å². The molecule has 12 aromatic rings. The van der Waals surface area contributed by atoms with Crippen molar-refractivity contribution in [3.05, 3.63) is 89.8 Å². The molecule has 0 saturated carbocycles. The molecule has 0 aliphatic carbocycles. The molecule has 10 aromatic heterocycles. The van der Waals surface area contributed by atoms with E-state index in [0.29, 0.717) is 0 Å².